The second-order valence-corrected chi connectivity index (χ2v) is 2.61. The van der Waals surface area contributed by atoms with Crippen LogP contribution in [0.25, 0.3) is 0 Å². The van der Waals surface area contributed by atoms with E-state index < -0.39 is 0 Å². The molecule has 0 amide bonds. The van der Waals surface area contributed by atoms with Crippen LogP contribution in [0, 0.1) is 0 Å². The van der Waals surface area contributed by atoms with Gasteiger partial charge in [-0.3, -0.25) is 0 Å². The monoisotopic (exact) mass is 152 g/mol. The Labute approximate surface area is 65.7 Å². The van der Waals surface area contributed by atoms with Crippen molar-refractivity contribution in [3.63, 3.8) is 0 Å². The normalized spacial score (nSPS) is 20.1. The maximum Gasteiger partial charge on any atom is 0.211 e. The molecule has 1 rings (SSSR count). The van der Waals surface area contributed by atoms with Gasteiger partial charge in [-0.2, -0.15) is 5.10 Å². The molecule has 60 valence electrons. The zero-order valence-corrected chi connectivity index (χ0v) is 6.54. The Morgan fingerprint density at radius 2 is 2.18 bits per heavy atom. The molecule has 0 radical (unpaired) electrons. The minimum Gasteiger partial charge on any atom is -0.369 e. The van der Waals surface area contributed by atoms with E-state index in [0.717, 1.165) is 18.6 Å². The van der Waals surface area contributed by atoms with Gasteiger partial charge in [-0.15, -0.1) is 5.10 Å². The maximum absolute atomic E-state index is 5.11. The largest absolute Gasteiger partial charge is 0.369 e. The van der Waals surface area contributed by atoms with Gasteiger partial charge in [0.1, 0.15) is 0 Å². The van der Waals surface area contributed by atoms with Crippen LogP contribution in [0.15, 0.2) is 21.9 Å². The minimum atomic E-state index is 0.00968. The van der Waals surface area contributed by atoms with Crippen LogP contribution in [0.5, 0.6) is 0 Å². The fourth-order valence-corrected chi connectivity index (χ4v) is 0.955. The molecule has 0 bridgehead atoms. The standard InChI is InChI=1S/C7H12N4/c1-5-2-3-6(4-5)10-11-7(8)9/h4H,2-3H2,1H3,(H4,8,9,11). The van der Waals surface area contributed by atoms with E-state index >= 15 is 0 Å². The van der Waals surface area contributed by atoms with Gasteiger partial charge in [-0.05, 0) is 25.8 Å². The van der Waals surface area contributed by atoms with Crippen LogP contribution in [0.4, 0.5) is 0 Å². The highest BCUT2D eigenvalue weighted by atomic mass is 15.3. The van der Waals surface area contributed by atoms with Gasteiger partial charge in [0.2, 0.25) is 5.96 Å². The molecular formula is C7H12N4. The Kier molecular flexibility index (Phi) is 2.25. The summed E-state index contributed by atoms with van der Waals surface area (Å²) in [5.74, 6) is 0.00968. The smallest absolute Gasteiger partial charge is 0.211 e. The summed E-state index contributed by atoms with van der Waals surface area (Å²) < 4.78 is 0. The third-order valence-corrected chi connectivity index (χ3v) is 1.48. The first-order valence-electron chi connectivity index (χ1n) is 3.51. The van der Waals surface area contributed by atoms with Gasteiger partial charge < -0.3 is 11.5 Å². The summed E-state index contributed by atoms with van der Waals surface area (Å²) in [6, 6.07) is 0. The molecule has 0 aliphatic heterocycles. The van der Waals surface area contributed by atoms with E-state index in [1.807, 2.05) is 6.08 Å². The van der Waals surface area contributed by atoms with Crippen molar-refractivity contribution in [1.82, 2.24) is 0 Å². The van der Waals surface area contributed by atoms with Crippen molar-refractivity contribution in [3.8, 4) is 0 Å². The van der Waals surface area contributed by atoms with Crippen LogP contribution < -0.4 is 11.5 Å². The van der Waals surface area contributed by atoms with Crippen molar-refractivity contribution in [1.29, 1.82) is 0 Å². The highest BCUT2D eigenvalue weighted by Gasteiger charge is 2.05. The van der Waals surface area contributed by atoms with Crippen molar-refractivity contribution in [3.05, 3.63) is 11.6 Å². The second-order valence-electron chi connectivity index (χ2n) is 2.61. The predicted octanol–water partition coefficient (Wildman–Crippen LogP) is 0.356. The Hall–Kier alpha value is -1.32. The molecule has 0 unspecified atom stereocenters. The molecule has 1 aliphatic carbocycles. The molecular weight excluding hydrogens is 140 g/mol. The minimum absolute atomic E-state index is 0.00968. The number of allylic oxidation sites excluding steroid dienone is 2. The summed E-state index contributed by atoms with van der Waals surface area (Å²) >= 11 is 0. The molecule has 0 fully saturated rings. The summed E-state index contributed by atoms with van der Waals surface area (Å²) in [6.07, 6.45) is 4.02. The van der Waals surface area contributed by atoms with Crippen molar-refractivity contribution in [2.24, 2.45) is 21.7 Å². The molecule has 4 N–H and O–H groups in total. The van der Waals surface area contributed by atoms with Crippen LogP contribution in [0.3, 0.4) is 0 Å². The Morgan fingerprint density at radius 1 is 1.45 bits per heavy atom. The molecule has 4 heteroatoms. The molecule has 0 aromatic rings. The summed E-state index contributed by atoms with van der Waals surface area (Å²) in [5, 5.41) is 7.41. The lowest BCUT2D eigenvalue weighted by atomic mass is 10.3. The summed E-state index contributed by atoms with van der Waals surface area (Å²) in [6.45, 7) is 2.07. The molecule has 4 nitrogen and oxygen atoms in total. The van der Waals surface area contributed by atoms with E-state index in [0.29, 0.717) is 0 Å². The van der Waals surface area contributed by atoms with Gasteiger partial charge in [-0.25, -0.2) is 0 Å². The first-order chi connectivity index (χ1) is 5.18. The van der Waals surface area contributed by atoms with Crippen molar-refractivity contribution >= 4 is 11.7 Å². The lowest BCUT2D eigenvalue weighted by Gasteiger charge is -1.87. The third kappa shape index (κ3) is 2.41. The zero-order chi connectivity index (χ0) is 8.27. The molecule has 0 spiro atoms. The van der Waals surface area contributed by atoms with Gasteiger partial charge in [0.25, 0.3) is 0 Å². The van der Waals surface area contributed by atoms with Crippen LogP contribution in [-0.4, -0.2) is 11.7 Å². The number of nitrogens with zero attached hydrogens (tertiary/aromatic N) is 2. The molecule has 0 saturated heterocycles. The Bertz CT molecular complexity index is 233. The molecule has 0 aromatic carbocycles. The topological polar surface area (TPSA) is 76.8 Å². The molecule has 1 aliphatic rings. The summed E-state index contributed by atoms with van der Waals surface area (Å²) in [4.78, 5) is 0. The highest BCUT2D eigenvalue weighted by Crippen LogP contribution is 2.14. The van der Waals surface area contributed by atoms with Crippen molar-refractivity contribution in [2.45, 2.75) is 19.8 Å². The molecule has 0 saturated carbocycles. The van der Waals surface area contributed by atoms with Crippen molar-refractivity contribution in [2.75, 3.05) is 0 Å². The zero-order valence-electron chi connectivity index (χ0n) is 6.54. The van der Waals surface area contributed by atoms with E-state index in [1.165, 1.54) is 5.57 Å². The lowest BCUT2D eigenvalue weighted by Crippen LogP contribution is -2.22. The Morgan fingerprint density at radius 3 is 2.64 bits per heavy atom. The highest BCUT2D eigenvalue weighted by molar-refractivity contribution is 5.98. The molecule has 0 heterocycles. The second kappa shape index (κ2) is 3.18. The van der Waals surface area contributed by atoms with E-state index in [9.17, 15) is 0 Å². The van der Waals surface area contributed by atoms with Gasteiger partial charge >= 0.3 is 0 Å². The predicted molar refractivity (Wildman–Crippen MR) is 46.2 cm³/mol. The number of hydrogen-bond acceptors (Lipinski definition) is 2. The SMILES string of the molecule is CC1=CC(=NN=C(N)N)CC1. The van der Waals surface area contributed by atoms with Crippen LogP contribution in [-0.2, 0) is 0 Å². The van der Waals surface area contributed by atoms with Crippen molar-refractivity contribution < 1.29 is 0 Å². The fourth-order valence-electron chi connectivity index (χ4n) is 0.955. The lowest BCUT2D eigenvalue weighted by molar-refractivity contribution is 1.05. The quantitative estimate of drug-likeness (QED) is 0.323. The number of hydrogen-bond donors (Lipinski definition) is 2. The summed E-state index contributed by atoms with van der Waals surface area (Å²) in [5.41, 5.74) is 12.5. The van der Waals surface area contributed by atoms with E-state index in [2.05, 4.69) is 17.1 Å². The van der Waals surface area contributed by atoms with Gasteiger partial charge in [0.05, 0.1) is 5.71 Å². The van der Waals surface area contributed by atoms with Crippen LogP contribution >= 0.6 is 0 Å². The number of guanidine groups is 1. The number of nitrogens with two attached hydrogens (primary N) is 2. The fraction of sp³-hybridized carbons (Fsp3) is 0.429. The van der Waals surface area contributed by atoms with Gasteiger partial charge in [-0.1, -0.05) is 5.57 Å². The first-order valence-corrected chi connectivity index (χ1v) is 3.51. The van der Waals surface area contributed by atoms with E-state index in [1.54, 1.807) is 0 Å². The van der Waals surface area contributed by atoms with Gasteiger partial charge in [0.15, 0.2) is 0 Å². The Balaban J connectivity index is 2.63. The van der Waals surface area contributed by atoms with Crippen LogP contribution in [0.1, 0.15) is 19.8 Å². The first kappa shape index (κ1) is 7.78. The van der Waals surface area contributed by atoms with E-state index in [4.69, 9.17) is 11.5 Å². The third-order valence-electron chi connectivity index (χ3n) is 1.48. The average Bonchev–Trinajstić information content (AvgIpc) is 2.31. The van der Waals surface area contributed by atoms with Gasteiger partial charge in [0, 0.05) is 0 Å². The number of rotatable bonds is 1. The molecule has 11 heavy (non-hydrogen) atoms. The van der Waals surface area contributed by atoms with Crippen LogP contribution in [0.2, 0.25) is 0 Å². The summed E-state index contributed by atoms with van der Waals surface area (Å²) in [7, 11) is 0. The maximum atomic E-state index is 5.11. The average molecular weight is 152 g/mol. The molecule has 0 aromatic heterocycles. The molecule has 0 atom stereocenters. The van der Waals surface area contributed by atoms with E-state index in [-0.39, 0.29) is 5.96 Å².